The minimum Gasteiger partial charge on any atom is -0.273 e. The molecule has 0 N–H and O–H groups in total. The van der Waals surface area contributed by atoms with E-state index in [4.69, 9.17) is 4.84 Å². The summed E-state index contributed by atoms with van der Waals surface area (Å²) in [6, 6.07) is 21.9. The number of hydrogen-bond acceptors (Lipinski definition) is 4. The first kappa shape index (κ1) is 18.5. The Labute approximate surface area is 173 Å². The van der Waals surface area contributed by atoms with E-state index < -0.39 is 18.1 Å². The van der Waals surface area contributed by atoms with Gasteiger partial charge in [0.05, 0.1) is 17.4 Å². The van der Waals surface area contributed by atoms with Crippen molar-refractivity contribution in [3.63, 3.8) is 0 Å². The van der Waals surface area contributed by atoms with Gasteiger partial charge in [0.15, 0.2) is 6.10 Å². The molecule has 2 heterocycles. The van der Waals surface area contributed by atoms with Gasteiger partial charge in [-0.25, -0.2) is 14.4 Å². The monoisotopic (exact) mass is 402 g/mol. The Morgan fingerprint density at radius 2 is 1.50 bits per heavy atom. The molecule has 30 heavy (non-hydrogen) atoms. The van der Waals surface area contributed by atoms with Crippen molar-refractivity contribution in [1.82, 2.24) is 0 Å². The van der Waals surface area contributed by atoms with Crippen molar-refractivity contribution in [2.75, 3.05) is 9.96 Å². The Bertz CT molecular complexity index is 1120. The Balaban J connectivity index is 1.61. The Morgan fingerprint density at radius 1 is 0.833 bits per heavy atom. The molecule has 5 nitrogen and oxygen atoms in total. The second-order valence-electron chi connectivity index (χ2n) is 7.51. The number of hydrogen-bond donors (Lipinski definition) is 0. The molecule has 5 rings (SSSR count). The van der Waals surface area contributed by atoms with Crippen LogP contribution in [0.15, 0.2) is 78.9 Å². The minimum atomic E-state index is -0.938. The van der Waals surface area contributed by atoms with Gasteiger partial charge >= 0.3 is 0 Å². The summed E-state index contributed by atoms with van der Waals surface area (Å²) in [5.41, 5.74) is 2.95. The third kappa shape index (κ3) is 2.80. The van der Waals surface area contributed by atoms with Gasteiger partial charge in [-0.15, -0.1) is 0 Å². The lowest BCUT2D eigenvalue weighted by atomic mass is 9.90. The van der Waals surface area contributed by atoms with Crippen molar-refractivity contribution in [3.8, 4) is 0 Å². The number of carbonyl (C=O) groups excluding carboxylic acids is 2. The smallest absolute Gasteiger partial charge is 0.266 e. The highest BCUT2D eigenvalue weighted by Gasteiger charge is 2.60. The van der Waals surface area contributed by atoms with Gasteiger partial charge in [0.2, 0.25) is 5.91 Å². The van der Waals surface area contributed by atoms with Crippen LogP contribution in [0.2, 0.25) is 0 Å². The lowest BCUT2D eigenvalue weighted by Gasteiger charge is -2.29. The molecule has 0 bridgehead atoms. The van der Waals surface area contributed by atoms with Gasteiger partial charge in [0, 0.05) is 0 Å². The van der Waals surface area contributed by atoms with Crippen LogP contribution < -0.4 is 9.96 Å². The molecule has 0 aliphatic carbocycles. The van der Waals surface area contributed by atoms with E-state index in [0.717, 1.165) is 11.3 Å². The van der Waals surface area contributed by atoms with Crippen LogP contribution in [0, 0.1) is 18.7 Å². The second-order valence-corrected chi connectivity index (χ2v) is 7.51. The van der Waals surface area contributed by atoms with Crippen molar-refractivity contribution >= 4 is 23.2 Å². The SMILES string of the molecule is Cc1ccccc1N1O[C@@H]2C(=O)N(c3ccccc3)C(=O)[C@@H]2[C@H]1c1ccc(F)cc1. The van der Waals surface area contributed by atoms with Crippen LogP contribution in [0.25, 0.3) is 0 Å². The molecule has 0 unspecified atom stereocenters. The highest BCUT2D eigenvalue weighted by Crippen LogP contribution is 2.48. The first-order valence-corrected chi connectivity index (χ1v) is 9.76. The molecule has 2 aliphatic heterocycles. The van der Waals surface area contributed by atoms with Crippen molar-refractivity contribution in [2.24, 2.45) is 5.92 Å². The molecule has 6 heteroatoms. The summed E-state index contributed by atoms with van der Waals surface area (Å²) in [7, 11) is 0. The maximum Gasteiger partial charge on any atom is 0.266 e. The molecule has 0 aromatic heterocycles. The number of aryl methyl sites for hydroxylation is 1. The van der Waals surface area contributed by atoms with Gasteiger partial charge in [-0.3, -0.25) is 14.4 Å². The van der Waals surface area contributed by atoms with Crippen molar-refractivity contribution in [2.45, 2.75) is 19.1 Å². The molecule has 2 amide bonds. The Morgan fingerprint density at radius 3 is 2.20 bits per heavy atom. The zero-order valence-electron chi connectivity index (χ0n) is 16.2. The number of amides is 2. The molecule has 0 radical (unpaired) electrons. The topological polar surface area (TPSA) is 49.9 Å². The highest BCUT2D eigenvalue weighted by molar-refractivity contribution is 6.23. The van der Waals surface area contributed by atoms with Gasteiger partial charge < -0.3 is 0 Å². The number of carbonyl (C=O) groups is 2. The van der Waals surface area contributed by atoms with Crippen LogP contribution in [-0.4, -0.2) is 17.9 Å². The van der Waals surface area contributed by atoms with Gasteiger partial charge in [0.1, 0.15) is 11.7 Å². The summed E-state index contributed by atoms with van der Waals surface area (Å²) in [6.07, 6.45) is -0.938. The zero-order chi connectivity index (χ0) is 20.8. The molecular weight excluding hydrogens is 383 g/mol. The fourth-order valence-corrected chi connectivity index (χ4v) is 4.26. The van der Waals surface area contributed by atoms with Crippen molar-refractivity contribution in [3.05, 3.63) is 95.8 Å². The largest absolute Gasteiger partial charge is 0.273 e. The van der Waals surface area contributed by atoms with Gasteiger partial charge in [-0.2, -0.15) is 0 Å². The summed E-state index contributed by atoms with van der Waals surface area (Å²) < 4.78 is 13.6. The van der Waals surface area contributed by atoms with Crippen LogP contribution >= 0.6 is 0 Å². The van der Waals surface area contributed by atoms with E-state index >= 15 is 0 Å². The minimum absolute atomic E-state index is 0.318. The predicted molar refractivity (Wildman–Crippen MR) is 110 cm³/mol. The maximum absolute atomic E-state index is 13.6. The molecule has 0 saturated carbocycles. The second kappa shape index (κ2) is 7.07. The van der Waals surface area contributed by atoms with Crippen molar-refractivity contribution in [1.29, 1.82) is 0 Å². The van der Waals surface area contributed by atoms with Crippen LogP contribution in [0.3, 0.4) is 0 Å². The van der Waals surface area contributed by atoms with Crippen LogP contribution in [0.5, 0.6) is 0 Å². The van der Waals surface area contributed by atoms with Gasteiger partial charge in [-0.05, 0) is 48.4 Å². The van der Waals surface area contributed by atoms with E-state index in [-0.39, 0.29) is 17.6 Å². The molecule has 0 spiro atoms. The van der Waals surface area contributed by atoms with Crippen LogP contribution in [0.4, 0.5) is 15.8 Å². The number of para-hydroxylation sites is 2. The number of anilines is 2. The van der Waals surface area contributed by atoms with E-state index in [0.29, 0.717) is 11.3 Å². The molecule has 2 fully saturated rings. The van der Waals surface area contributed by atoms with Crippen LogP contribution in [-0.2, 0) is 14.4 Å². The predicted octanol–water partition coefficient (Wildman–Crippen LogP) is 4.19. The molecule has 150 valence electrons. The standard InChI is InChI=1S/C24H19FN2O3/c1-15-7-5-6-10-19(15)27-21(16-11-13-17(25)14-12-16)20-22(30-27)24(29)26(23(20)28)18-8-3-2-4-9-18/h2-14,20-22H,1H3/t20-,21-,22+/m1/s1. The van der Waals surface area contributed by atoms with E-state index in [1.54, 1.807) is 41.5 Å². The number of fused-ring (bicyclic) bond motifs is 1. The fraction of sp³-hybridized carbons (Fsp3) is 0.167. The van der Waals surface area contributed by atoms with E-state index in [1.807, 2.05) is 37.3 Å². The van der Waals surface area contributed by atoms with Crippen molar-refractivity contribution < 1.29 is 18.8 Å². The average Bonchev–Trinajstić information content (AvgIpc) is 3.26. The number of halogens is 1. The third-order valence-electron chi connectivity index (χ3n) is 5.69. The average molecular weight is 402 g/mol. The number of rotatable bonds is 3. The number of hydroxylamine groups is 1. The molecule has 2 saturated heterocycles. The normalized spacial score (nSPS) is 23.2. The Kier molecular flexibility index (Phi) is 4.37. The molecule has 3 aromatic carbocycles. The molecular formula is C24H19FN2O3. The number of nitrogens with zero attached hydrogens (tertiary/aromatic N) is 2. The third-order valence-corrected chi connectivity index (χ3v) is 5.69. The summed E-state index contributed by atoms with van der Waals surface area (Å²) >= 11 is 0. The lowest BCUT2D eigenvalue weighted by molar-refractivity contribution is -0.126. The lowest BCUT2D eigenvalue weighted by Crippen LogP contribution is -2.37. The summed E-state index contributed by atoms with van der Waals surface area (Å²) in [4.78, 5) is 33.9. The first-order valence-electron chi connectivity index (χ1n) is 9.76. The summed E-state index contributed by atoms with van der Waals surface area (Å²) in [6.45, 7) is 1.94. The number of benzene rings is 3. The molecule has 2 aliphatic rings. The van der Waals surface area contributed by atoms with E-state index in [2.05, 4.69) is 0 Å². The van der Waals surface area contributed by atoms with Gasteiger partial charge in [-0.1, -0.05) is 48.5 Å². The fourth-order valence-electron chi connectivity index (χ4n) is 4.26. The Hall–Kier alpha value is -3.51. The first-order chi connectivity index (χ1) is 14.6. The number of imide groups is 1. The van der Waals surface area contributed by atoms with E-state index in [1.165, 1.54) is 17.0 Å². The molecule has 3 aromatic rings. The summed E-state index contributed by atoms with van der Waals surface area (Å²) in [5.74, 6) is -1.81. The van der Waals surface area contributed by atoms with Gasteiger partial charge in [0.25, 0.3) is 5.91 Å². The quantitative estimate of drug-likeness (QED) is 0.617. The maximum atomic E-state index is 13.6. The van der Waals surface area contributed by atoms with Crippen LogP contribution in [0.1, 0.15) is 17.2 Å². The van der Waals surface area contributed by atoms with E-state index in [9.17, 15) is 14.0 Å². The summed E-state index contributed by atoms with van der Waals surface area (Å²) in [5, 5.41) is 1.63. The zero-order valence-corrected chi connectivity index (χ0v) is 16.2. The molecule has 3 atom stereocenters. The highest BCUT2D eigenvalue weighted by atomic mass is 19.1.